The molecule has 3 rings (SSSR count). The number of sulfonamides is 1. The van der Waals surface area contributed by atoms with E-state index in [4.69, 9.17) is 16.2 Å². The van der Waals surface area contributed by atoms with Crippen molar-refractivity contribution in [1.29, 1.82) is 0 Å². The molecule has 1 aromatic carbocycles. The number of ketones is 1. The summed E-state index contributed by atoms with van der Waals surface area (Å²) in [5.41, 5.74) is 14.1. The number of carbonyl (C=O) groups excluding carboxylic acids is 1. The third kappa shape index (κ3) is 5.53. The number of ether oxygens (including phenoxy) is 1. The van der Waals surface area contributed by atoms with Crippen LogP contribution in [0.25, 0.3) is 0 Å². The first-order chi connectivity index (χ1) is 15.5. The average molecular weight is 494 g/mol. The number of thiazole rings is 1. The SMILES string of the molecule is COc1cc(C)c(S(=O)(=O)N=C(N)N2CCC(C[C@H](N)C(=O)c3nccs3)CC2)c(C)c1C. The maximum Gasteiger partial charge on any atom is 0.286 e. The van der Waals surface area contributed by atoms with E-state index in [9.17, 15) is 13.2 Å². The topological polar surface area (TPSA) is 141 Å². The molecule has 0 radical (unpaired) electrons. The summed E-state index contributed by atoms with van der Waals surface area (Å²) >= 11 is 1.29. The lowest BCUT2D eigenvalue weighted by atomic mass is 9.89. The number of carbonyl (C=O) groups is 1. The Bertz CT molecular complexity index is 1140. The van der Waals surface area contributed by atoms with Crippen molar-refractivity contribution in [3.8, 4) is 5.75 Å². The fraction of sp³-hybridized carbons (Fsp3) is 0.500. The molecule has 0 aliphatic carbocycles. The highest BCUT2D eigenvalue weighted by Crippen LogP contribution is 2.32. The molecule has 9 nitrogen and oxygen atoms in total. The number of nitrogens with two attached hydrogens (primary N) is 2. The fourth-order valence-electron chi connectivity index (χ4n) is 4.22. The van der Waals surface area contributed by atoms with E-state index in [0.717, 1.165) is 18.4 Å². The molecule has 11 heteroatoms. The van der Waals surface area contributed by atoms with Crippen LogP contribution in [0.2, 0.25) is 0 Å². The minimum atomic E-state index is -3.99. The number of rotatable bonds is 7. The van der Waals surface area contributed by atoms with Gasteiger partial charge in [0, 0.05) is 24.7 Å². The van der Waals surface area contributed by atoms with Crippen LogP contribution in [0.15, 0.2) is 26.9 Å². The predicted molar refractivity (Wildman–Crippen MR) is 129 cm³/mol. The van der Waals surface area contributed by atoms with Crippen LogP contribution in [0, 0.1) is 26.7 Å². The van der Waals surface area contributed by atoms with Crippen LogP contribution in [-0.2, 0) is 10.0 Å². The quantitative estimate of drug-likeness (QED) is 0.340. The summed E-state index contributed by atoms with van der Waals surface area (Å²) in [6.45, 7) is 6.37. The van der Waals surface area contributed by atoms with Crippen molar-refractivity contribution in [3.63, 3.8) is 0 Å². The summed E-state index contributed by atoms with van der Waals surface area (Å²) in [7, 11) is -2.44. The largest absolute Gasteiger partial charge is 0.496 e. The maximum absolute atomic E-state index is 13.1. The predicted octanol–water partition coefficient (Wildman–Crippen LogP) is 2.39. The van der Waals surface area contributed by atoms with Crippen LogP contribution in [-0.4, -0.2) is 56.3 Å². The Morgan fingerprint density at radius 2 is 1.97 bits per heavy atom. The highest BCUT2D eigenvalue weighted by Gasteiger charge is 2.28. The molecule has 1 saturated heterocycles. The summed E-state index contributed by atoms with van der Waals surface area (Å²) in [6, 6.07) is 1.10. The molecule has 180 valence electrons. The summed E-state index contributed by atoms with van der Waals surface area (Å²) in [6.07, 6.45) is 3.64. The number of nitrogens with zero attached hydrogens (tertiary/aromatic N) is 3. The number of aromatic nitrogens is 1. The van der Waals surface area contributed by atoms with Gasteiger partial charge in [-0.25, -0.2) is 4.98 Å². The van der Waals surface area contributed by atoms with Crippen molar-refractivity contribution in [2.24, 2.45) is 21.8 Å². The molecule has 0 spiro atoms. The minimum absolute atomic E-state index is 0.0242. The number of likely N-dealkylation sites (tertiary alicyclic amines) is 1. The van der Waals surface area contributed by atoms with Gasteiger partial charge in [-0.15, -0.1) is 15.7 Å². The van der Waals surface area contributed by atoms with Crippen LogP contribution in [0.3, 0.4) is 0 Å². The Morgan fingerprint density at radius 1 is 1.30 bits per heavy atom. The molecule has 0 amide bonds. The number of hydrogen-bond acceptors (Lipinski definition) is 7. The lowest BCUT2D eigenvalue weighted by Gasteiger charge is -2.33. The summed E-state index contributed by atoms with van der Waals surface area (Å²) < 4.78 is 35.4. The first-order valence-electron chi connectivity index (χ1n) is 10.7. The molecule has 1 atom stereocenters. The van der Waals surface area contributed by atoms with E-state index in [0.29, 0.717) is 41.4 Å². The van der Waals surface area contributed by atoms with E-state index >= 15 is 0 Å². The first kappa shape index (κ1) is 25.1. The molecule has 2 aromatic rings. The van der Waals surface area contributed by atoms with Crippen LogP contribution in [0.1, 0.15) is 45.8 Å². The van der Waals surface area contributed by atoms with Gasteiger partial charge in [-0.3, -0.25) is 4.79 Å². The molecule has 0 saturated carbocycles. The van der Waals surface area contributed by atoms with Crippen LogP contribution < -0.4 is 16.2 Å². The Kier molecular flexibility index (Phi) is 7.76. The van der Waals surface area contributed by atoms with Gasteiger partial charge in [0.2, 0.25) is 11.7 Å². The lowest BCUT2D eigenvalue weighted by molar-refractivity contribution is 0.0940. The molecule has 1 fully saturated rings. The Labute approximate surface area is 198 Å². The van der Waals surface area contributed by atoms with E-state index in [1.165, 1.54) is 11.3 Å². The van der Waals surface area contributed by atoms with Gasteiger partial charge in [-0.05, 0) is 68.7 Å². The number of Topliss-reactive ketones (excluding diaryl/α,β-unsaturated/α-hetero) is 1. The van der Waals surface area contributed by atoms with Crippen molar-refractivity contribution in [1.82, 2.24) is 9.88 Å². The third-order valence-electron chi connectivity index (χ3n) is 6.18. The zero-order valence-electron chi connectivity index (χ0n) is 19.4. The third-order valence-corrected chi connectivity index (χ3v) is 8.53. The van der Waals surface area contributed by atoms with Crippen LogP contribution in [0.4, 0.5) is 0 Å². The van der Waals surface area contributed by atoms with Gasteiger partial charge in [0.15, 0.2) is 5.01 Å². The second-order valence-electron chi connectivity index (χ2n) is 8.37. The average Bonchev–Trinajstić information content (AvgIpc) is 3.30. The van der Waals surface area contributed by atoms with E-state index in [-0.39, 0.29) is 22.6 Å². The summed E-state index contributed by atoms with van der Waals surface area (Å²) in [4.78, 5) is 18.3. The van der Waals surface area contributed by atoms with Crippen LogP contribution >= 0.6 is 11.3 Å². The van der Waals surface area contributed by atoms with Gasteiger partial charge < -0.3 is 21.1 Å². The van der Waals surface area contributed by atoms with Gasteiger partial charge in [-0.1, -0.05) is 0 Å². The molecule has 1 aliphatic rings. The van der Waals surface area contributed by atoms with Gasteiger partial charge >= 0.3 is 0 Å². The molecular weight excluding hydrogens is 462 g/mol. The highest BCUT2D eigenvalue weighted by molar-refractivity contribution is 7.90. The van der Waals surface area contributed by atoms with E-state index in [1.807, 2.05) is 6.92 Å². The Hall–Kier alpha value is -2.50. The molecule has 1 aromatic heterocycles. The molecular formula is C22H31N5O4S2. The molecule has 2 heterocycles. The van der Waals surface area contributed by atoms with Crippen molar-refractivity contribution in [3.05, 3.63) is 39.3 Å². The number of aryl methyl sites for hydroxylation is 1. The van der Waals surface area contributed by atoms with Gasteiger partial charge in [0.05, 0.1) is 18.0 Å². The minimum Gasteiger partial charge on any atom is -0.496 e. The van der Waals surface area contributed by atoms with E-state index in [1.54, 1.807) is 43.5 Å². The Balaban J connectivity index is 1.67. The molecule has 4 N–H and O–H groups in total. The number of piperidine rings is 1. The van der Waals surface area contributed by atoms with Crippen LogP contribution in [0.5, 0.6) is 5.75 Å². The molecule has 0 bridgehead atoms. The van der Waals surface area contributed by atoms with Crippen molar-refractivity contribution in [2.75, 3.05) is 20.2 Å². The van der Waals surface area contributed by atoms with Gasteiger partial charge in [0.1, 0.15) is 5.75 Å². The van der Waals surface area contributed by atoms with Crippen molar-refractivity contribution in [2.45, 2.75) is 51.0 Å². The second kappa shape index (κ2) is 10.2. The normalized spacial score (nSPS) is 16.6. The lowest BCUT2D eigenvalue weighted by Crippen LogP contribution is -2.44. The highest BCUT2D eigenvalue weighted by atomic mass is 32.2. The number of guanidine groups is 1. The van der Waals surface area contributed by atoms with E-state index in [2.05, 4.69) is 9.38 Å². The maximum atomic E-state index is 13.1. The second-order valence-corrected chi connectivity index (χ2v) is 10.8. The van der Waals surface area contributed by atoms with Crippen molar-refractivity contribution >= 4 is 33.1 Å². The zero-order valence-corrected chi connectivity index (χ0v) is 21.0. The fourth-order valence-corrected chi connectivity index (χ4v) is 6.32. The molecule has 1 aliphatic heterocycles. The zero-order chi connectivity index (χ0) is 24.3. The number of methoxy groups -OCH3 is 1. The van der Waals surface area contributed by atoms with Gasteiger partial charge in [0.25, 0.3) is 10.0 Å². The molecule has 0 unspecified atom stereocenters. The smallest absolute Gasteiger partial charge is 0.286 e. The molecule has 33 heavy (non-hydrogen) atoms. The van der Waals surface area contributed by atoms with Gasteiger partial charge in [-0.2, -0.15) is 8.42 Å². The first-order valence-corrected chi connectivity index (χ1v) is 13.1. The number of benzene rings is 1. The van der Waals surface area contributed by atoms with E-state index < -0.39 is 16.1 Å². The monoisotopic (exact) mass is 493 g/mol. The summed E-state index contributed by atoms with van der Waals surface area (Å²) in [5, 5.41) is 2.19. The standard InChI is InChI=1S/C22H31N5O4S2/c1-13-11-18(31-4)14(2)15(3)20(13)33(29,30)26-22(24)27-8-5-16(6-9-27)12-17(23)19(28)21-25-7-10-32-21/h7,10-11,16-17H,5-6,8-9,12,23H2,1-4H3,(H2,24,26)/t17-/m0/s1. The summed E-state index contributed by atoms with van der Waals surface area (Å²) in [5.74, 6) is 0.719. The number of hydrogen-bond donors (Lipinski definition) is 2. The Morgan fingerprint density at radius 3 is 2.55 bits per heavy atom. The van der Waals surface area contributed by atoms with Crippen molar-refractivity contribution < 1.29 is 17.9 Å².